The topological polar surface area (TPSA) is 112 Å². The lowest BCUT2D eigenvalue weighted by molar-refractivity contribution is 0.0708. The van der Waals surface area contributed by atoms with Crippen molar-refractivity contribution < 1.29 is 9.63 Å². The van der Waals surface area contributed by atoms with Gasteiger partial charge in [-0.15, -0.1) is 0 Å². The van der Waals surface area contributed by atoms with E-state index < -0.39 is 0 Å². The van der Waals surface area contributed by atoms with Crippen LogP contribution in [0.25, 0.3) is 11.2 Å². The summed E-state index contributed by atoms with van der Waals surface area (Å²) in [5.74, 6) is 1.08. The summed E-state index contributed by atoms with van der Waals surface area (Å²) in [5.41, 5.74) is 0.645. The minimum atomic E-state index is -0.272. The van der Waals surface area contributed by atoms with E-state index in [1.54, 1.807) is 17.9 Å². The fourth-order valence-electron chi connectivity index (χ4n) is 2.63. The number of hydrogen-bond donors (Lipinski definition) is 1. The third-order valence-electron chi connectivity index (χ3n) is 3.97. The molecule has 1 fully saturated rings. The molecule has 114 valence electrons. The molecule has 9 heteroatoms. The van der Waals surface area contributed by atoms with Crippen LogP contribution in [0.15, 0.2) is 22.0 Å². The van der Waals surface area contributed by atoms with Crippen LogP contribution in [-0.2, 0) is 13.6 Å². The Morgan fingerprint density at radius 3 is 2.91 bits per heavy atom. The second kappa shape index (κ2) is 4.73. The highest BCUT2D eigenvalue weighted by molar-refractivity contribution is 5.68. The lowest BCUT2D eigenvalue weighted by Crippen LogP contribution is -2.27. The average Bonchev–Trinajstić information content (AvgIpc) is 3.06. The fourth-order valence-corrected chi connectivity index (χ4v) is 2.63. The first-order valence-corrected chi connectivity index (χ1v) is 6.99. The molecule has 1 aliphatic rings. The van der Waals surface area contributed by atoms with E-state index in [1.165, 1.54) is 10.9 Å². The Morgan fingerprint density at radius 1 is 1.36 bits per heavy atom. The van der Waals surface area contributed by atoms with E-state index in [9.17, 15) is 9.90 Å². The molecule has 0 amide bonds. The van der Waals surface area contributed by atoms with Gasteiger partial charge in [-0.2, -0.15) is 4.98 Å². The van der Waals surface area contributed by atoms with Crippen molar-refractivity contribution in [2.45, 2.75) is 31.4 Å². The number of imidazole rings is 1. The number of nitrogens with zero attached hydrogens (tertiary/aromatic N) is 6. The van der Waals surface area contributed by atoms with Crippen molar-refractivity contribution in [2.24, 2.45) is 7.05 Å². The Kier molecular flexibility index (Phi) is 2.83. The summed E-state index contributed by atoms with van der Waals surface area (Å²) < 4.78 is 8.24. The molecule has 9 nitrogen and oxygen atoms in total. The lowest BCUT2D eigenvalue weighted by atomic mass is 9.82. The van der Waals surface area contributed by atoms with Crippen LogP contribution in [0.4, 0.5) is 0 Å². The maximum atomic E-state index is 12.4. The van der Waals surface area contributed by atoms with Gasteiger partial charge in [-0.05, 0) is 12.8 Å². The van der Waals surface area contributed by atoms with Gasteiger partial charge in [-0.3, -0.25) is 9.36 Å². The number of aliphatic hydroxyl groups is 1. The molecule has 3 aromatic rings. The first-order chi connectivity index (χ1) is 10.6. The van der Waals surface area contributed by atoms with E-state index in [0.29, 0.717) is 35.7 Å². The van der Waals surface area contributed by atoms with Crippen molar-refractivity contribution in [3.8, 4) is 0 Å². The molecule has 0 unspecified atom stereocenters. The zero-order valence-corrected chi connectivity index (χ0v) is 11.9. The van der Waals surface area contributed by atoms with Crippen LogP contribution in [0.1, 0.15) is 30.5 Å². The second-order valence-electron chi connectivity index (χ2n) is 5.57. The second-order valence-corrected chi connectivity index (χ2v) is 5.57. The number of hydrogen-bond acceptors (Lipinski definition) is 7. The predicted molar refractivity (Wildman–Crippen MR) is 74.2 cm³/mol. The van der Waals surface area contributed by atoms with Crippen molar-refractivity contribution in [2.75, 3.05) is 0 Å². The normalized spacial score (nSPS) is 21.2. The van der Waals surface area contributed by atoms with Crippen molar-refractivity contribution in [1.82, 2.24) is 29.2 Å². The first-order valence-electron chi connectivity index (χ1n) is 6.99. The van der Waals surface area contributed by atoms with Gasteiger partial charge in [0.15, 0.2) is 17.0 Å². The highest BCUT2D eigenvalue weighted by Crippen LogP contribution is 2.34. The number of aryl methyl sites for hydroxylation is 1. The number of aliphatic hydroxyl groups excluding tert-OH is 1. The van der Waals surface area contributed by atoms with E-state index in [1.807, 2.05) is 0 Å². The van der Waals surface area contributed by atoms with Crippen LogP contribution in [0.5, 0.6) is 0 Å². The molecule has 3 aromatic heterocycles. The Morgan fingerprint density at radius 2 is 2.14 bits per heavy atom. The molecule has 0 saturated heterocycles. The van der Waals surface area contributed by atoms with Crippen LogP contribution in [-0.4, -0.2) is 40.5 Å². The summed E-state index contributed by atoms with van der Waals surface area (Å²) >= 11 is 0. The minimum Gasteiger partial charge on any atom is -0.393 e. The van der Waals surface area contributed by atoms with Gasteiger partial charge >= 0.3 is 0 Å². The summed E-state index contributed by atoms with van der Waals surface area (Å²) in [6.07, 6.45) is 4.01. The van der Waals surface area contributed by atoms with Crippen molar-refractivity contribution in [1.29, 1.82) is 0 Å². The molecule has 1 aliphatic carbocycles. The van der Waals surface area contributed by atoms with Crippen molar-refractivity contribution in [3.05, 3.63) is 34.7 Å². The SMILES string of the molecule is Cn1cnc2ncn(Cc3nc(C4CC(O)C4)no3)c(=O)c21. The summed E-state index contributed by atoms with van der Waals surface area (Å²) in [6.45, 7) is 0.162. The van der Waals surface area contributed by atoms with Gasteiger partial charge in [0.1, 0.15) is 12.9 Å². The molecular weight excluding hydrogens is 288 g/mol. The summed E-state index contributed by atoms with van der Waals surface area (Å²) in [4.78, 5) is 24.9. The molecule has 0 spiro atoms. The van der Waals surface area contributed by atoms with Crippen LogP contribution in [0.2, 0.25) is 0 Å². The van der Waals surface area contributed by atoms with Crippen molar-refractivity contribution >= 4 is 11.2 Å². The molecule has 0 bridgehead atoms. The van der Waals surface area contributed by atoms with Crippen LogP contribution < -0.4 is 5.56 Å². The Hall–Kier alpha value is -2.55. The smallest absolute Gasteiger partial charge is 0.280 e. The van der Waals surface area contributed by atoms with E-state index in [2.05, 4.69) is 20.1 Å². The molecule has 1 saturated carbocycles. The zero-order chi connectivity index (χ0) is 15.3. The maximum absolute atomic E-state index is 12.4. The van der Waals surface area contributed by atoms with Crippen LogP contribution >= 0.6 is 0 Å². The lowest BCUT2D eigenvalue weighted by Gasteiger charge is -2.28. The standard InChI is InChI=1S/C13H14N6O3/c1-18-5-14-12-10(18)13(21)19(6-15-12)4-9-16-11(17-22-9)7-2-8(20)3-7/h5-8,20H,2-4H2,1H3. The highest BCUT2D eigenvalue weighted by atomic mass is 16.5. The summed E-state index contributed by atoms with van der Waals surface area (Å²) in [5, 5.41) is 13.2. The van der Waals surface area contributed by atoms with Crippen LogP contribution in [0, 0.1) is 0 Å². The molecule has 4 rings (SSSR count). The molecule has 0 aromatic carbocycles. The summed E-state index contributed by atoms with van der Waals surface area (Å²) in [6, 6.07) is 0. The summed E-state index contributed by atoms with van der Waals surface area (Å²) in [7, 11) is 1.75. The average molecular weight is 302 g/mol. The molecule has 3 heterocycles. The van der Waals surface area contributed by atoms with Gasteiger partial charge in [0.2, 0.25) is 5.89 Å². The van der Waals surface area contributed by atoms with E-state index >= 15 is 0 Å². The van der Waals surface area contributed by atoms with Crippen LogP contribution in [0.3, 0.4) is 0 Å². The third kappa shape index (κ3) is 2.01. The Labute approximate surface area is 124 Å². The first kappa shape index (κ1) is 13.1. The largest absolute Gasteiger partial charge is 0.393 e. The van der Waals surface area contributed by atoms with Gasteiger partial charge in [-0.25, -0.2) is 9.97 Å². The molecule has 0 atom stereocenters. The molecule has 22 heavy (non-hydrogen) atoms. The highest BCUT2D eigenvalue weighted by Gasteiger charge is 2.32. The fraction of sp³-hybridized carbons (Fsp3) is 0.462. The maximum Gasteiger partial charge on any atom is 0.280 e. The molecule has 0 radical (unpaired) electrons. The minimum absolute atomic E-state index is 0.141. The quantitative estimate of drug-likeness (QED) is 0.713. The zero-order valence-electron chi connectivity index (χ0n) is 11.9. The molecular formula is C13H14N6O3. The predicted octanol–water partition coefficient (Wildman–Crippen LogP) is -0.200. The van der Waals surface area contributed by atoms with Gasteiger partial charge in [0.25, 0.3) is 5.56 Å². The monoisotopic (exact) mass is 302 g/mol. The molecule has 0 aliphatic heterocycles. The number of fused-ring (bicyclic) bond motifs is 1. The van der Waals surface area contributed by atoms with E-state index in [-0.39, 0.29) is 24.1 Å². The van der Waals surface area contributed by atoms with Gasteiger partial charge < -0.3 is 14.2 Å². The number of rotatable bonds is 3. The Balaban J connectivity index is 1.62. The van der Waals surface area contributed by atoms with Gasteiger partial charge in [0, 0.05) is 13.0 Å². The van der Waals surface area contributed by atoms with Gasteiger partial charge in [-0.1, -0.05) is 5.16 Å². The Bertz CT molecular complexity index is 889. The van der Waals surface area contributed by atoms with Gasteiger partial charge in [0.05, 0.1) is 12.4 Å². The molecule has 1 N–H and O–H groups in total. The number of aromatic nitrogens is 6. The third-order valence-corrected chi connectivity index (χ3v) is 3.97. The van der Waals surface area contributed by atoms with Crippen molar-refractivity contribution in [3.63, 3.8) is 0 Å². The van der Waals surface area contributed by atoms with E-state index in [0.717, 1.165) is 0 Å². The van der Waals surface area contributed by atoms with E-state index in [4.69, 9.17) is 4.52 Å².